The lowest BCUT2D eigenvalue weighted by Gasteiger charge is -2.08. The van der Waals surface area contributed by atoms with Gasteiger partial charge in [-0.2, -0.15) is 0 Å². The van der Waals surface area contributed by atoms with E-state index in [1.54, 1.807) is 18.2 Å². The van der Waals surface area contributed by atoms with E-state index in [4.69, 9.17) is 0 Å². The normalized spacial score (nSPS) is 11.6. The van der Waals surface area contributed by atoms with Crippen LogP contribution in [-0.4, -0.2) is 20.7 Å². The van der Waals surface area contributed by atoms with E-state index in [1.165, 1.54) is 13.0 Å². The molecule has 0 radical (unpaired) electrons. The van der Waals surface area contributed by atoms with Crippen molar-refractivity contribution in [2.75, 3.05) is 6.54 Å². The SMILES string of the molecule is CC(=O)CNS(=O)(=O)c1cccc2ccccc12. The Hall–Kier alpha value is -1.72. The van der Waals surface area contributed by atoms with Gasteiger partial charge in [0, 0.05) is 5.39 Å². The smallest absolute Gasteiger partial charge is 0.241 e. The molecule has 0 fully saturated rings. The first-order valence-electron chi connectivity index (χ1n) is 5.47. The predicted molar refractivity (Wildman–Crippen MR) is 69.8 cm³/mol. The number of hydrogen-bond donors (Lipinski definition) is 1. The summed E-state index contributed by atoms with van der Waals surface area (Å²) in [4.78, 5) is 11.1. The Balaban J connectivity index is 2.50. The van der Waals surface area contributed by atoms with E-state index < -0.39 is 10.0 Å². The molecule has 4 nitrogen and oxygen atoms in total. The molecule has 0 bridgehead atoms. The first kappa shape index (κ1) is 12.7. The van der Waals surface area contributed by atoms with Crippen molar-refractivity contribution >= 4 is 26.6 Å². The van der Waals surface area contributed by atoms with Gasteiger partial charge in [0.1, 0.15) is 5.78 Å². The Kier molecular flexibility index (Phi) is 3.45. The van der Waals surface area contributed by atoms with Crippen molar-refractivity contribution in [3.05, 3.63) is 42.5 Å². The van der Waals surface area contributed by atoms with E-state index in [0.29, 0.717) is 5.39 Å². The third kappa shape index (κ3) is 2.57. The number of hydrogen-bond acceptors (Lipinski definition) is 3. The van der Waals surface area contributed by atoms with Crippen LogP contribution in [-0.2, 0) is 14.8 Å². The molecule has 0 amide bonds. The van der Waals surface area contributed by atoms with Gasteiger partial charge >= 0.3 is 0 Å². The monoisotopic (exact) mass is 263 g/mol. The van der Waals surface area contributed by atoms with Crippen LogP contribution < -0.4 is 4.72 Å². The highest BCUT2D eigenvalue weighted by Crippen LogP contribution is 2.22. The highest BCUT2D eigenvalue weighted by atomic mass is 32.2. The fourth-order valence-electron chi connectivity index (χ4n) is 1.70. The van der Waals surface area contributed by atoms with Crippen LogP contribution in [0, 0.1) is 0 Å². The zero-order valence-corrected chi connectivity index (χ0v) is 10.7. The van der Waals surface area contributed by atoms with Crippen molar-refractivity contribution in [2.24, 2.45) is 0 Å². The maximum absolute atomic E-state index is 12.1. The van der Waals surface area contributed by atoms with Gasteiger partial charge in [0.05, 0.1) is 11.4 Å². The molecule has 0 aromatic heterocycles. The van der Waals surface area contributed by atoms with Gasteiger partial charge in [0.2, 0.25) is 10.0 Å². The van der Waals surface area contributed by atoms with Crippen LogP contribution in [0.4, 0.5) is 0 Å². The minimum atomic E-state index is -3.65. The second kappa shape index (κ2) is 4.88. The summed E-state index contributed by atoms with van der Waals surface area (Å²) in [5, 5.41) is 1.50. The van der Waals surface area contributed by atoms with Crippen molar-refractivity contribution in [3.8, 4) is 0 Å². The molecule has 0 aliphatic carbocycles. The molecular formula is C13H13NO3S. The van der Waals surface area contributed by atoms with E-state index in [-0.39, 0.29) is 17.2 Å². The summed E-state index contributed by atoms with van der Waals surface area (Å²) in [6, 6.07) is 12.3. The molecule has 0 atom stereocenters. The van der Waals surface area contributed by atoms with Crippen molar-refractivity contribution in [3.63, 3.8) is 0 Å². The second-order valence-corrected chi connectivity index (χ2v) is 5.74. The highest BCUT2D eigenvalue weighted by molar-refractivity contribution is 7.89. The summed E-state index contributed by atoms with van der Waals surface area (Å²) in [6.45, 7) is 1.15. The molecule has 0 spiro atoms. The number of carbonyl (C=O) groups excluding carboxylic acids is 1. The average Bonchev–Trinajstić information content (AvgIpc) is 2.36. The van der Waals surface area contributed by atoms with Crippen molar-refractivity contribution in [2.45, 2.75) is 11.8 Å². The fraction of sp³-hybridized carbons (Fsp3) is 0.154. The number of ketones is 1. The number of Topliss-reactive ketones (excluding diaryl/α,β-unsaturated/α-hetero) is 1. The van der Waals surface area contributed by atoms with Gasteiger partial charge in [-0.1, -0.05) is 36.4 Å². The van der Waals surface area contributed by atoms with Gasteiger partial charge in [-0.05, 0) is 18.4 Å². The summed E-state index contributed by atoms with van der Waals surface area (Å²) >= 11 is 0. The summed E-state index contributed by atoms with van der Waals surface area (Å²) in [5.74, 6) is -0.223. The highest BCUT2D eigenvalue weighted by Gasteiger charge is 2.16. The molecule has 2 aromatic rings. The van der Waals surface area contributed by atoms with Crippen LogP contribution in [0.1, 0.15) is 6.92 Å². The fourth-order valence-corrected chi connectivity index (χ4v) is 2.99. The van der Waals surface area contributed by atoms with Gasteiger partial charge < -0.3 is 0 Å². The first-order chi connectivity index (χ1) is 8.50. The van der Waals surface area contributed by atoms with Crippen LogP contribution in [0.3, 0.4) is 0 Å². The van der Waals surface area contributed by atoms with Crippen LogP contribution in [0.5, 0.6) is 0 Å². The molecule has 0 unspecified atom stereocenters. The molecule has 0 aliphatic heterocycles. The van der Waals surface area contributed by atoms with Gasteiger partial charge in [0.25, 0.3) is 0 Å². The number of rotatable bonds is 4. The van der Waals surface area contributed by atoms with Crippen LogP contribution in [0.15, 0.2) is 47.4 Å². The van der Waals surface area contributed by atoms with Gasteiger partial charge in [-0.15, -0.1) is 0 Å². The average molecular weight is 263 g/mol. The summed E-state index contributed by atoms with van der Waals surface area (Å²) < 4.78 is 26.5. The first-order valence-corrected chi connectivity index (χ1v) is 6.96. The zero-order chi connectivity index (χ0) is 13.2. The van der Waals surface area contributed by atoms with Crippen molar-refractivity contribution in [1.82, 2.24) is 4.72 Å². The minimum absolute atomic E-state index is 0.189. The molecule has 0 aliphatic rings. The molecule has 94 valence electrons. The van der Waals surface area contributed by atoms with Gasteiger partial charge in [-0.3, -0.25) is 4.79 Å². The number of fused-ring (bicyclic) bond motifs is 1. The molecule has 1 N–H and O–H groups in total. The van der Waals surface area contributed by atoms with Crippen molar-refractivity contribution < 1.29 is 13.2 Å². The lowest BCUT2D eigenvalue weighted by Crippen LogP contribution is -2.28. The number of benzene rings is 2. The van der Waals surface area contributed by atoms with E-state index in [9.17, 15) is 13.2 Å². The number of nitrogens with one attached hydrogen (secondary N) is 1. The molecule has 0 heterocycles. The largest absolute Gasteiger partial charge is 0.299 e. The second-order valence-electron chi connectivity index (χ2n) is 4.00. The van der Waals surface area contributed by atoms with Gasteiger partial charge in [0.15, 0.2) is 0 Å². The molecule has 2 aromatic carbocycles. The maximum Gasteiger partial charge on any atom is 0.241 e. The van der Waals surface area contributed by atoms with E-state index in [1.807, 2.05) is 18.2 Å². The van der Waals surface area contributed by atoms with Crippen LogP contribution in [0.2, 0.25) is 0 Å². The summed E-state index contributed by atoms with van der Waals surface area (Å²) in [5.41, 5.74) is 0. The molecule has 18 heavy (non-hydrogen) atoms. The standard InChI is InChI=1S/C13H13NO3S/c1-10(15)9-14-18(16,17)13-8-4-6-11-5-2-3-7-12(11)13/h2-8,14H,9H2,1H3. The Morgan fingerprint density at radius 3 is 2.50 bits per heavy atom. The van der Waals surface area contributed by atoms with Gasteiger partial charge in [-0.25, -0.2) is 13.1 Å². The third-order valence-electron chi connectivity index (χ3n) is 2.55. The number of carbonyl (C=O) groups is 1. The molecule has 0 saturated heterocycles. The topological polar surface area (TPSA) is 63.2 Å². The molecule has 2 rings (SSSR count). The summed E-state index contributed by atoms with van der Waals surface area (Å²) in [6.07, 6.45) is 0. The third-order valence-corrected chi connectivity index (χ3v) is 4.01. The Morgan fingerprint density at radius 1 is 1.11 bits per heavy atom. The van der Waals surface area contributed by atoms with Crippen LogP contribution in [0.25, 0.3) is 10.8 Å². The lowest BCUT2D eigenvalue weighted by molar-refractivity contribution is -0.115. The lowest BCUT2D eigenvalue weighted by atomic mass is 10.1. The maximum atomic E-state index is 12.1. The summed E-state index contributed by atoms with van der Waals surface area (Å²) in [7, 11) is -3.65. The van der Waals surface area contributed by atoms with Crippen molar-refractivity contribution in [1.29, 1.82) is 0 Å². The minimum Gasteiger partial charge on any atom is -0.299 e. The zero-order valence-electron chi connectivity index (χ0n) is 9.88. The Morgan fingerprint density at radius 2 is 1.78 bits per heavy atom. The van der Waals surface area contributed by atoms with Crippen LogP contribution >= 0.6 is 0 Å². The number of sulfonamides is 1. The van der Waals surface area contributed by atoms with E-state index >= 15 is 0 Å². The molecule has 5 heteroatoms. The molecular weight excluding hydrogens is 250 g/mol. The Bertz CT molecular complexity index is 687. The van der Waals surface area contributed by atoms with E-state index in [0.717, 1.165) is 5.39 Å². The predicted octanol–water partition coefficient (Wildman–Crippen LogP) is 1.71. The molecule has 0 saturated carbocycles. The Labute approximate surface area is 106 Å². The quantitative estimate of drug-likeness (QED) is 0.913. The van der Waals surface area contributed by atoms with E-state index in [2.05, 4.69) is 4.72 Å².